The highest BCUT2D eigenvalue weighted by molar-refractivity contribution is 9.10. The zero-order valence-corrected chi connectivity index (χ0v) is 12.6. The van der Waals surface area contributed by atoms with Crippen LogP contribution in [0, 0.1) is 0 Å². The molecule has 0 unspecified atom stereocenters. The van der Waals surface area contributed by atoms with Crippen LogP contribution in [0.5, 0.6) is 5.75 Å². The lowest BCUT2D eigenvalue weighted by molar-refractivity contribution is 0.210. The van der Waals surface area contributed by atoms with Crippen molar-refractivity contribution in [1.29, 1.82) is 0 Å². The molecule has 2 nitrogen and oxygen atoms in total. The highest BCUT2D eigenvalue weighted by atomic mass is 79.9. The van der Waals surface area contributed by atoms with Crippen LogP contribution in [0.25, 0.3) is 0 Å². The Kier molecular flexibility index (Phi) is 5.51. The molecule has 1 N–H and O–H groups in total. The Morgan fingerprint density at radius 3 is 2.83 bits per heavy atom. The van der Waals surface area contributed by atoms with E-state index >= 15 is 0 Å². The average molecular weight is 312 g/mol. The largest absolute Gasteiger partial charge is 0.490 e. The molecule has 100 valence electrons. The standard InChI is InChI=1S/C15H22BrNO/c1-2-9-17-11-12-10-14(7-8-15(12)16)18-13-5-3-4-6-13/h7-8,10,13,17H,2-6,9,11H2,1H3. The monoisotopic (exact) mass is 311 g/mol. The molecule has 0 radical (unpaired) electrons. The summed E-state index contributed by atoms with van der Waals surface area (Å²) in [6.45, 7) is 4.14. The summed E-state index contributed by atoms with van der Waals surface area (Å²) in [6, 6.07) is 6.31. The molecule has 1 saturated carbocycles. The summed E-state index contributed by atoms with van der Waals surface area (Å²) in [5, 5.41) is 3.43. The van der Waals surface area contributed by atoms with Gasteiger partial charge in [0.1, 0.15) is 5.75 Å². The topological polar surface area (TPSA) is 21.3 Å². The van der Waals surface area contributed by atoms with E-state index in [-0.39, 0.29) is 0 Å². The summed E-state index contributed by atoms with van der Waals surface area (Å²) in [7, 11) is 0. The molecule has 3 heteroatoms. The Morgan fingerprint density at radius 2 is 2.11 bits per heavy atom. The van der Waals surface area contributed by atoms with Crippen LogP contribution in [0.1, 0.15) is 44.6 Å². The van der Waals surface area contributed by atoms with Gasteiger partial charge < -0.3 is 10.1 Å². The van der Waals surface area contributed by atoms with Crippen LogP contribution in [0.4, 0.5) is 0 Å². The maximum atomic E-state index is 6.03. The van der Waals surface area contributed by atoms with E-state index in [4.69, 9.17) is 4.74 Å². The van der Waals surface area contributed by atoms with E-state index in [9.17, 15) is 0 Å². The SMILES string of the molecule is CCCNCc1cc(OC2CCCC2)ccc1Br. The number of halogens is 1. The van der Waals surface area contributed by atoms with E-state index in [0.29, 0.717) is 6.10 Å². The van der Waals surface area contributed by atoms with Crippen molar-refractivity contribution in [2.45, 2.75) is 51.7 Å². The van der Waals surface area contributed by atoms with Crippen molar-refractivity contribution >= 4 is 15.9 Å². The second kappa shape index (κ2) is 7.15. The van der Waals surface area contributed by atoms with Gasteiger partial charge >= 0.3 is 0 Å². The summed E-state index contributed by atoms with van der Waals surface area (Å²) in [5.74, 6) is 1.01. The van der Waals surface area contributed by atoms with Gasteiger partial charge in [-0.25, -0.2) is 0 Å². The van der Waals surface area contributed by atoms with E-state index in [2.05, 4.69) is 46.4 Å². The van der Waals surface area contributed by atoms with Gasteiger partial charge in [-0.3, -0.25) is 0 Å². The number of ether oxygens (including phenoxy) is 1. The highest BCUT2D eigenvalue weighted by Crippen LogP contribution is 2.27. The number of nitrogens with one attached hydrogen (secondary N) is 1. The van der Waals surface area contributed by atoms with Gasteiger partial charge in [0.25, 0.3) is 0 Å². The number of rotatable bonds is 6. The third kappa shape index (κ3) is 3.99. The molecule has 1 aromatic carbocycles. The van der Waals surface area contributed by atoms with Crippen molar-refractivity contribution in [3.05, 3.63) is 28.2 Å². The van der Waals surface area contributed by atoms with Crippen LogP contribution in [-0.2, 0) is 6.54 Å². The molecule has 0 aromatic heterocycles. The predicted octanol–water partition coefficient (Wildman–Crippen LogP) is 4.27. The third-order valence-corrected chi connectivity index (χ3v) is 4.14. The lowest BCUT2D eigenvalue weighted by atomic mass is 10.2. The van der Waals surface area contributed by atoms with Crippen LogP contribution in [0.15, 0.2) is 22.7 Å². The normalized spacial score (nSPS) is 16.1. The fourth-order valence-electron chi connectivity index (χ4n) is 2.36. The first-order chi connectivity index (χ1) is 8.79. The van der Waals surface area contributed by atoms with Crippen LogP contribution in [-0.4, -0.2) is 12.6 Å². The van der Waals surface area contributed by atoms with Crippen molar-refractivity contribution in [3.8, 4) is 5.75 Å². The molecule has 0 saturated heterocycles. The number of hydrogen-bond acceptors (Lipinski definition) is 2. The number of hydrogen-bond donors (Lipinski definition) is 1. The molecule has 1 aliphatic rings. The molecule has 0 amide bonds. The lowest BCUT2D eigenvalue weighted by Crippen LogP contribution is -2.15. The fourth-order valence-corrected chi connectivity index (χ4v) is 2.75. The quantitative estimate of drug-likeness (QED) is 0.792. The van der Waals surface area contributed by atoms with E-state index < -0.39 is 0 Å². The van der Waals surface area contributed by atoms with Crippen LogP contribution < -0.4 is 10.1 Å². The van der Waals surface area contributed by atoms with Gasteiger partial charge in [0.2, 0.25) is 0 Å². The fraction of sp³-hybridized carbons (Fsp3) is 0.600. The van der Waals surface area contributed by atoms with Gasteiger partial charge in [0, 0.05) is 11.0 Å². The number of benzene rings is 1. The second-order valence-corrected chi connectivity index (χ2v) is 5.81. The van der Waals surface area contributed by atoms with Gasteiger partial charge in [-0.1, -0.05) is 22.9 Å². The molecule has 0 bridgehead atoms. The molecule has 0 aliphatic heterocycles. The van der Waals surface area contributed by atoms with Gasteiger partial charge in [-0.15, -0.1) is 0 Å². The molecule has 1 aromatic rings. The first kappa shape index (κ1) is 13.9. The molecule has 0 atom stereocenters. The Hall–Kier alpha value is -0.540. The molecule has 1 aliphatic carbocycles. The van der Waals surface area contributed by atoms with Crippen molar-refractivity contribution in [3.63, 3.8) is 0 Å². The third-order valence-electron chi connectivity index (χ3n) is 3.36. The average Bonchev–Trinajstić information content (AvgIpc) is 2.86. The molecular weight excluding hydrogens is 290 g/mol. The first-order valence-corrected chi connectivity index (χ1v) is 7.74. The Morgan fingerprint density at radius 1 is 1.33 bits per heavy atom. The van der Waals surface area contributed by atoms with Gasteiger partial charge in [-0.05, 0) is 62.4 Å². The van der Waals surface area contributed by atoms with Crippen LogP contribution in [0.2, 0.25) is 0 Å². The van der Waals surface area contributed by atoms with Crippen molar-refractivity contribution < 1.29 is 4.74 Å². The zero-order chi connectivity index (χ0) is 12.8. The maximum absolute atomic E-state index is 6.03. The van der Waals surface area contributed by atoms with E-state index in [1.165, 1.54) is 31.2 Å². The summed E-state index contributed by atoms with van der Waals surface area (Å²) >= 11 is 3.60. The summed E-state index contributed by atoms with van der Waals surface area (Å²) < 4.78 is 7.19. The van der Waals surface area contributed by atoms with Crippen molar-refractivity contribution in [2.75, 3.05) is 6.54 Å². The Bertz CT molecular complexity index is 375. The van der Waals surface area contributed by atoms with Crippen LogP contribution >= 0.6 is 15.9 Å². The lowest BCUT2D eigenvalue weighted by Gasteiger charge is -2.15. The van der Waals surface area contributed by atoms with E-state index in [0.717, 1.165) is 29.7 Å². The zero-order valence-electron chi connectivity index (χ0n) is 11.0. The highest BCUT2D eigenvalue weighted by Gasteiger charge is 2.16. The predicted molar refractivity (Wildman–Crippen MR) is 79.0 cm³/mol. The molecule has 1 fully saturated rings. The van der Waals surface area contributed by atoms with E-state index in [1.54, 1.807) is 0 Å². The molecule has 0 spiro atoms. The molecule has 18 heavy (non-hydrogen) atoms. The minimum atomic E-state index is 0.433. The van der Waals surface area contributed by atoms with E-state index in [1.807, 2.05) is 0 Å². The maximum Gasteiger partial charge on any atom is 0.120 e. The van der Waals surface area contributed by atoms with Crippen molar-refractivity contribution in [1.82, 2.24) is 5.32 Å². The first-order valence-electron chi connectivity index (χ1n) is 6.95. The van der Waals surface area contributed by atoms with Crippen LogP contribution in [0.3, 0.4) is 0 Å². The Balaban J connectivity index is 1.96. The Labute approximate surface area is 118 Å². The van der Waals surface area contributed by atoms with Gasteiger partial charge in [-0.2, -0.15) is 0 Å². The van der Waals surface area contributed by atoms with Gasteiger partial charge in [0.05, 0.1) is 6.10 Å². The van der Waals surface area contributed by atoms with Crippen molar-refractivity contribution in [2.24, 2.45) is 0 Å². The summed E-state index contributed by atoms with van der Waals surface area (Å²) in [5.41, 5.74) is 1.28. The second-order valence-electron chi connectivity index (χ2n) is 4.95. The summed E-state index contributed by atoms with van der Waals surface area (Å²) in [6.07, 6.45) is 6.63. The molecule has 0 heterocycles. The minimum absolute atomic E-state index is 0.433. The molecular formula is C15H22BrNO. The molecule has 2 rings (SSSR count). The minimum Gasteiger partial charge on any atom is -0.490 e. The summed E-state index contributed by atoms with van der Waals surface area (Å²) in [4.78, 5) is 0. The smallest absolute Gasteiger partial charge is 0.120 e. The van der Waals surface area contributed by atoms with Gasteiger partial charge in [0.15, 0.2) is 0 Å².